The van der Waals surface area contributed by atoms with Crippen LogP contribution in [0, 0.1) is 24.0 Å². The van der Waals surface area contributed by atoms with Crippen LogP contribution in [0.25, 0.3) is 0 Å². The SMILES string of the molecule is CCC(O)CNS(=O)(=O)c1cc(C)c(C)cc1[N+](=O)[O-]. The van der Waals surface area contributed by atoms with Gasteiger partial charge in [0.15, 0.2) is 4.90 Å². The third-order valence-corrected chi connectivity index (χ3v) is 4.49. The van der Waals surface area contributed by atoms with E-state index in [1.165, 1.54) is 12.1 Å². The summed E-state index contributed by atoms with van der Waals surface area (Å²) in [4.78, 5) is 9.88. The van der Waals surface area contributed by atoms with Crippen LogP contribution in [-0.4, -0.2) is 31.1 Å². The zero-order valence-corrected chi connectivity index (χ0v) is 12.4. The van der Waals surface area contributed by atoms with Crippen molar-refractivity contribution < 1.29 is 18.4 Å². The van der Waals surface area contributed by atoms with E-state index in [0.29, 0.717) is 17.5 Å². The van der Waals surface area contributed by atoms with E-state index in [1.54, 1.807) is 20.8 Å². The van der Waals surface area contributed by atoms with E-state index >= 15 is 0 Å². The first-order chi connectivity index (χ1) is 9.19. The number of nitro groups is 1. The Morgan fingerprint density at radius 1 is 1.35 bits per heavy atom. The lowest BCUT2D eigenvalue weighted by Gasteiger charge is -2.11. The summed E-state index contributed by atoms with van der Waals surface area (Å²) in [5, 5.41) is 20.4. The van der Waals surface area contributed by atoms with Crippen molar-refractivity contribution in [3.63, 3.8) is 0 Å². The average molecular weight is 302 g/mol. The van der Waals surface area contributed by atoms with Gasteiger partial charge in [0.2, 0.25) is 10.0 Å². The average Bonchev–Trinajstić information content (AvgIpc) is 2.38. The molecule has 0 saturated heterocycles. The van der Waals surface area contributed by atoms with Gasteiger partial charge in [-0.1, -0.05) is 6.92 Å². The van der Waals surface area contributed by atoms with Crippen LogP contribution in [0.15, 0.2) is 17.0 Å². The van der Waals surface area contributed by atoms with Crippen molar-refractivity contribution in [3.8, 4) is 0 Å². The van der Waals surface area contributed by atoms with E-state index < -0.39 is 26.7 Å². The van der Waals surface area contributed by atoms with E-state index in [-0.39, 0.29) is 11.4 Å². The molecule has 1 aromatic rings. The molecule has 0 heterocycles. The molecule has 0 saturated carbocycles. The highest BCUT2D eigenvalue weighted by molar-refractivity contribution is 7.89. The molecule has 0 aromatic heterocycles. The summed E-state index contributed by atoms with van der Waals surface area (Å²) >= 11 is 0. The normalized spacial score (nSPS) is 13.2. The lowest BCUT2D eigenvalue weighted by atomic mass is 10.1. The molecule has 0 aliphatic rings. The Morgan fingerprint density at radius 3 is 2.40 bits per heavy atom. The van der Waals surface area contributed by atoms with Gasteiger partial charge in [-0.15, -0.1) is 0 Å². The van der Waals surface area contributed by atoms with Crippen LogP contribution in [0.4, 0.5) is 5.69 Å². The van der Waals surface area contributed by atoms with Gasteiger partial charge >= 0.3 is 0 Å². The third kappa shape index (κ3) is 3.75. The molecule has 0 bridgehead atoms. The first-order valence-electron chi connectivity index (χ1n) is 6.12. The predicted molar refractivity (Wildman–Crippen MR) is 74.1 cm³/mol. The number of nitrogens with one attached hydrogen (secondary N) is 1. The highest BCUT2D eigenvalue weighted by Crippen LogP contribution is 2.27. The van der Waals surface area contributed by atoms with Crippen molar-refractivity contribution in [3.05, 3.63) is 33.4 Å². The first kappa shape index (κ1) is 16.5. The molecule has 1 rings (SSSR count). The standard InChI is InChI=1S/C12H18N2O5S/c1-4-10(15)7-13-20(18,19)12-6-9(3)8(2)5-11(12)14(16)17/h5-6,10,13,15H,4,7H2,1-3H3. The predicted octanol–water partition coefficient (Wildman–Crippen LogP) is 1.26. The van der Waals surface area contributed by atoms with Crippen LogP contribution in [0.3, 0.4) is 0 Å². The maximum atomic E-state index is 12.1. The van der Waals surface area contributed by atoms with Crippen LogP contribution < -0.4 is 4.72 Å². The fourth-order valence-electron chi connectivity index (χ4n) is 1.56. The number of aryl methyl sites for hydroxylation is 2. The Balaban J connectivity index is 3.23. The van der Waals surface area contributed by atoms with Crippen LogP contribution in [0.2, 0.25) is 0 Å². The largest absolute Gasteiger partial charge is 0.392 e. The smallest absolute Gasteiger partial charge is 0.289 e. The number of aliphatic hydroxyl groups excluding tert-OH is 1. The highest BCUT2D eigenvalue weighted by atomic mass is 32.2. The van der Waals surface area contributed by atoms with Gasteiger partial charge in [0.25, 0.3) is 5.69 Å². The maximum absolute atomic E-state index is 12.1. The van der Waals surface area contributed by atoms with Gasteiger partial charge in [-0.25, -0.2) is 13.1 Å². The summed E-state index contributed by atoms with van der Waals surface area (Å²) < 4.78 is 26.4. The summed E-state index contributed by atoms with van der Waals surface area (Å²) in [5.41, 5.74) is 0.822. The van der Waals surface area contributed by atoms with Crippen molar-refractivity contribution in [1.82, 2.24) is 4.72 Å². The Kier molecular flexibility index (Phi) is 5.21. The van der Waals surface area contributed by atoms with Gasteiger partial charge < -0.3 is 5.11 Å². The van der Waals surface area contributed by atoms with E-state index in [1.807, 2.05) is 0 Å². The van der Waals surface area contributed by atoms with Gasteiger partial charge in [-0.2, -0.15) is 0 Å². The number of hydrogen-bond acceptors (Lipinski definition) is 5. The number of aliphatic hydroxyl groups is 1. The van der Waals surface area contributed by atoms with Gasteiger partial charge in [-0.3, -0.25) is 10.1 Å². The summed E-state index contributed by atoms with van der Waals surface area (Å²) in [7, 11) is -4.03. The Morgan fingerprint density at radius 2 is 1.90 bits per heavy atom. The molecule has 112 valence electrons. The van der Waals surface area contributed by atoms with Crippen molar-refractivity contribution in [2.45, 2.75) is 38.2 Å². The minimum absolute atomic E-state index is 0.178. The second-order valence-corrected chi connectivity index (χ2v) is 6.31. The molecule has 1 unspecified atom stereocenters. The molecule has 0 spiro atoms. The molecule has 8 heteroatoms. The lowest BCUT2D eigenvalue weighted by Crippen LogP contribution is -2.32. The van der Waals surface area contributed by atoms with Gasteiger partial charge in [0.05, 0.1) is 11.0 Å². The van der Waals surface area contributed by atoms with Crippen molar-refractivity contribution in [1.29, 1.82) is 0 Å². The molecule has 0 radical (unpaired) electrons. The summed E-state index contributed by atoms with van der Waals surface area (Å²) in [6, 6.07) is 2.51. The highest BCUT2D eigenvalue weighted by Gasteiger charge is 2.26. The lowest BCUT2D eigenvalue weighted by molar-refractivity contribution is -0.387. The third-order valence-electron chi connectivity index (χ3n) is 3.04. The van der Waals surface area contributed by atoms with E-state index in [9.17, 15) is 23.6 Å². The van der Waals surface area contributed by atoms with E-state index in [4.69, 9.17) is 0 Å². The summed E-state index contributed by atoms with van der Waals surface area (Å²) in [5.74, 6) is 0. The molecule has 1 aromatic carbocycles. The van der Waals surface area contributed by atoms with Gasteiger partial charge in [0.1, 0.15) is 0 Å². The number of nitrogens with zero attached hydrogens (tertiary/aromatic N) is 1. The first-order valence-corrected chi connectivity index (χ1v) is 7.60. The molecule has 1 atom stereocenters. The van der Waals surface area contributed by atoms with Crippen molar-refractivity contribution >= 4 is 15.7 Å². The molecule has 0 amide bonds. The minimum atomic E-state index is -4.03. The fraction of sp³-hybridized carbons (Fsp3) is 0.500. The van der Waals surface area contributed by atoms with Gasteiger partial charge in [0, 0.05) is 12.6 Å². The molecule has 0 aliphatic carbocycles. The monoisotopic (exact) mass is 302 g/mol. The molecular weight excluding hydrogens is 284 g/mol. The van der Waals surface area contributed by atoms with Crippen LogP contribution in [-0.2, 0) is 10.0 Å². The van der Waals surface area contributed by atoms with Crippen LogP contribution in [0.1, 0.15) is 24.5 Å². The Bertz CT molecular complexity index is 613. The summed E-state index contributed by atoms with van der Waals surface area (Å²) in [6.45, 7) is 4.88. The molecule has 2 N–H and O–H groups in total. The van der Waals surface area contributed by atoms with Crippen molar-refractivity contribution in [2.24, 2.45) is 0 Å². The number of benzene rings is 1. The fourth-order valence-corrected chi connectivity index (χ4v) is 2.87. The minimum Gasteiger partial charge on any atom is -0.392 e. The second kappa shape index (κ2) is 6.29. The van der Waals surface area contributed by atoms with E-state index in [2.05, 4.69) is 4.72 Å². The molecule has 7 nitrogen and oxygen atoms in total. The Hall–Kier alpha value is -1.51. The number of sulfonamides is 1. The molecule has 20 heavy (non-hydrogen) atoms. The topological polar surface area (TPSA) is 110 Å². The van der Waals surface area contributed by atoms with Crippen LogP contribution >= 0.6 is 0 Å². The molecule has 0 aliphatic heterocycles. The summed E-state index contributed by atoms with van der Waals surface area (Å²) in [6.07, 6.45) is -0.437. The zero-order valence-electron chi connectivity index (χ0n) is 11.6. The zero-order chi connectivity index (χ0) is 15.5. The number of nitro benzene ring substituents is 1. The Labute approximate surface area is 117 Å². The second-order valence-electron chi connectivity index (χ2n) is 4.58. The number of rotatable bonds is 6. The van der Waals surface area contributed by atoms with Crippen LogP contribution in [0.5, 0.6) is 0 Å². The quantitative estimate of drug-likeness (QED) is 0.607. The van der Waals surface area contributed by atoms with Gasteiger partial charge in [-0.05, 0) is 37.5 Å². The maximum Gasteiger partial charge on any atom is 0.289 e. The van der Waals surface area contributed by atoms with E-state index in [0.717, 1.165) is 0 Å². The molecule has 0 fully saturated rings. The molecular formula is C12H18N2O5S. The number of hydrogen-bond donors (Lipinski definition) is 2. The van der Waals surface area contributed by atoms with Crippen molar-refractivity contribution in [2.75, 3.05) is 6.54 Å².